The zero-order valence-electron chi connectivity index (χ0n) is 16.1. The number of carbonyl (C=O) groups is 1. The van der Waals surface area contributed by atoms with Crippen molar-refractivity contribution in [2.75, 3.05) is 5.32 Å². The van der Waals surface area contributed by atoms with E-state index < -0.39 is 0 Å². The van der Waals surface area contributed by atoms with Crippen LogP contribution in [0.5, 0.6) is 0 Å². The number of hydrogen-bond acceptors (Lipinski definition) is 3. The number of carbonyl (C=O) groups excluding carboxylic acids is 1. The molecular weight excluding hydrogens is 430 g/mol. The number of halogens is 1. The summed E-state index contributed by atoms with van der Waals surface area (Å²) in [7, 11) is 0. The quantitative estimate of drug-likeness (QED) is 0.417. The van der Waals surface area contributed by atoms with Crippen LogP contribution in [0.25, 0.3) is 11.1 Å². The van der Waals surface area contributed by atoms with Crippen molar-refractivity contribution in [3.8, 4) is 11.1 Å². The number of nitrogens with one attached hydrogen (secondary N) is 1. The fourth-order valence-corrected chi connectivity index (χ4v) is 3.41. The molecule has 5 nitrogen and oxygen atoms in total. The Hall–Kier alpha value is -3.12. The highest BCUT2D eigenvalue weighted by Gasteiger charge is 2.14. The molecule has 6 heteroatoms. The average molecular weight is 450 g/mol. The fourth-order valence-electron chi connectivity index (χ4n) is 3.13. The van der Waals surface area contributed by atoms with Crippen molar-refractivity contribution in [3.05, 3.63) is 94.1 Å². The van der Waals surface area contributed by atoms with Crippen LogP contribution in [0, 0.1) is 13.8 Å². The Kier molecular flexibility index (Phi) is 5.36. The molecule has 29 heavy (non-hydrogen) atoms. The van der Waals surface area contributed by atoms with E-state index in [1.807, 2.05) is 61.0 Å². The van der Waals surface area contributed by atoms with Crippen LogP contribution in [0.15, 0.2) is 75.6 Å². The van der Waals surface area contributed by atoms with Crippen molar-refractivity contribution in [2.45, 2.75) is 20.4 Å². The molecule has 0 radical (unpaired) electrons. The predicted molar refractivity (Wildman–Crippen MR) is 117 cm³/mol. The van der Waals surface area contributed by atoms with E-state index in [4.69, 9.17) is 4.42 Å². The summed E-state index contributed by atoms with van der Waals surface area (Å²) in [5.41, 5.74) is 4.89. The molecule has 0 saturated heterocycles. The van der Waals surface area contributed by atoms with Gasteiger partial charge in [-0.15, -0.1) is 0 Å². The fraction of sp³-hybridized carbons (Fsp3) is 0.130. The Labute approximate surface area is 177 Å². The normalized spacial score (nSPS) is 10.9. The first kappa shape index (κ1) is 19.2. The zero-order valence-corrected chi connectivity index (χ0v) is 17.7. The lowest BCUT2D eigenvalue weighted by Gasteiger charge is -2.06. The molecule has 146 valence electrons. The Morgan fingerprint density at radius 2 is 1.69 bits per heavy atom. The Morgan fingerprint density at radius 1 is 1.00 bits per heavy atom. The highest BCUT2D eigenvalue weighted by molar-refractivity contribution is 9.10. The van der Waals surface area contributed by atoms with Gasteiger partial charge in [-0.1, -0.05) is 42.5 Å². The first-order chi connectivity index (χ1) is 14.0. The summed E-state index contributed by atoms with van der Waals surface area (Å²) in [5, 5.41) is 7.35. The first-order valence-corrected chi connectivity index (χ1v) is 10.1. The number of hydrogen-bond donors (Lipinski definition) is 1. The van der Waals surface area contributed by atoms with Crippen molar-refractivity contribution in [1.29, 1.82) is 0 Å². The van der Waals surface area contributed by atoms with E-state index in [2.05, 4.69) is 38.5 Å². The van der Waals surface area contributed by atoms with Crippen molar-refractivity contribution in [1.82, 2.24) is 9.78 Å². The summed E-state index contributed by atoms with van der Waals surface area (Å²) in [5.74, 6) is 0.665. The van der Waals surface area contributed by atoms with Crippen LogP contribution in [-0.4, -0.2) is 15.7 Å². The van der Waals surface area contributed by atoms with Gasteiger partial charge in [0.2, 0.25) is 0 Å². The van der Waals surface area contributed by atoms with Crippen LogP contribution in [0.1, 0.15) is 27.7 Å². The summed E-state index contributed by atoms with van der Waals surface area (Å²) < 4.78 is 8.57. The summed E-state index contributed by atoms with van der Waals surface area (Å²) in [6, 6.07) is 21.3. The summed E-state index contributed by atoms with van der Waals surface area (Å²) in [4.78, 5) is 12.5. The molecule has 1 N–H and O–H groups in total. The monoisotopic (exact) mass is 449 g/mol. The van der Waals surface area contributed by atoms with Gasteiger partial charge >= 0.3 is 0 Å². The van der Waals surface area contributed by atoms with Gasteiger partial charge in [0, 0.05) is 5.69 Å². The highest BCUT2D eigenvalue weighted by atomic mass is 79.9. The van der Waals surface area contributed by atoms with Gasteiger partial charge in [-0.05, 0) is 65.2 Å². The lowest BCUT2D eigenvalue weighted by Crippen LogP contribution is -2.10. The number of rotatable bonds is 5. The molecule has 0 spiro atoms. The van der Waals surface area contributed by atoms with Crippen LogP contribution in [0.2, 0.25) is 0 Å². The molecule has 1 amide bonds. The number of furan rings is 1. The minimum Gasteiger partial charge on any atom is -0.454 e. The van der Waals surface area contributed by atoms with Crippen LogP contribution >= 0.6 is 15.9 Å². The van der Waals surface area contributed by atoms with Gasteiger partial charge in [-0.25, -0.2) is 0 Å². The minimum absolute atomic E-state index is 0.271. The van der Waals surface area contributed by atoms with Gasteiger partial charge < -0.3 is 9.73 Å². The van der Waals surface area contributed by atoms with E-state index in [0.717, 1.165) is 32.7 Å². The Morgan fingerprint density at radius 3 is 2.34 bits per heavy atom. The standard InChI is InChI=1S/C23H20BrN3O2/c1-15-22(24)16(2)27(26-15)14-20-12-13-21(29-20)23(28)25-19-10-8-18(9-11-19)17-6-4-3-5-7-17/h3-13H,14H2,1-2H3,(H,25,28). The van der Waals surface area contributed by atoms with Gasteiger partial charge in [0.05, 0.1) is 22.4 Å². The predicted octanol–water partition coefficient (Wildman–Crippen LogP) is 5.82. The SMILES string of the molecule is Cc1nn(Cc2ccc(C(=O)Nc3ccc(-c4ccccc4)cc3)o2)c(C)c1Br. The van der Waals surface area contributed by atoms with E-state index in [0.29, 0.717) is 12.3 Å². The van der Waals surface area contributed by atoms with Crippen molar-refractivity contribution in [2.24, 2.45) is 0 Å². The summed E-state index contributed by atoms with van der Waals surface area (Å²) in [6.07, 6.45) is 0. The lowest BCUT2D eigenvalue weighted by molar-refractivity contribution is 0.0994. The molecule has 0 aliphatic rings. The highest BCUT2D eigenvalue weighted by Crippen LogP contribution is 2.23. The number of anilines is 1. The largest absolute Gasteiger partial charge is 0.454 e. The number of benzene rings is 2. The molecular formula is C23H20BrN3O2. The van der Waals surface area contributed by atoms with Crippen molar-refractivity contribution in [3.63, 3.8) is 0 Å². The van der Waals surface area contributed by atoms with E-state index in [1.54, 1.807) is 12.1 Å². The smallest absolute Gasteiger partial charge is 0.291 e. The van der Waals surface area contributed by atoms with E-state index >= 15 is 0 Å². The molecule has 2 aromatic heterocycles. The molecule has 2 aromatic carbocycles. The maximum absolute atomic E-state index is 12.5. The number of amides is 1. The second-order valence-corrected chi connectivity index (χ2v) is 7.60. The maximum Gasteiger partial charge on any atom is 0.291 e. The van der Waals surface area contributed by atoms with E-state index in [9.17, 15) is 4.79 Å². The van der Waals surface area contributed by atoms with Crippen molar-refractivity contribution >= 4 is 27.5 Å². The second-order valence-electron chi connectivity index (χ2n) is 6.81. The molecule has 0 saturated carbocycles. The molecule has 0 aliphatic heterocycles. The minimum atomic E-state index is -0.279. The van der Waals surface area contributed by atoms with Gasteiger partial charge in [-0.3, -0.25) is 9.48 Å². The van der Waals surface area contributed by atoms with Crippen molar-refractivity contribution < 1.29 is 9.21 Å². The van der Waals surface area contributed by atoms with Crippen LogP contribution in [0.4, 0.5) is 5.69 Å². The van der Waals surface area contributed by atoms with Crippen LogP contribution < -0.4 is 5.32 Å². The molecule has 0 unspecified atom stereocenters. The molecule has 2 heterocycles. The third kappa shape index (κ3) is 4.17. The van der Waals surface area contributed by atoms with Gasteiger partial charge in [-0.2, -0.15) is 5.10 Å². The molecule has 0 fully saturated rings. The maximum atomic E-state index is 12.5. The topological polar surface area (TPSA) is 60.1 Å². The second kappa shape index (κ2) is 8.09. The zero-order chi connectivity index (χ0) is 20.4. The first-order valence-electron chi connectivity index (χ1n) is 9.26. The lowest BCUT2D eigenvalue weighted by atomic mass is 10.1. The summed E-state index contributed by atoms with van der Waals surface area (Å²) >= 11 is 3.52. The number of nitrogens with zero attached hydrogens (tertiary/aromatic N) is 2. The van der Waals surface area contributed by atoms with E-state index in [-0.39, 0.29) is 11.7 Å². The summed E-state index contributed by atoms with van der Waals surface area (Å²) in [6.45, 7) is 4.40. The molecule has 0 aliphatic carbocycles. The van der Waals surface area contributed by atoms with Gasteiger partial charge in [0.1, 0.15) is 5.76 Å². The Bertz CT molecular complexity index is 1140. The average Bonchev–Trinajstić information content (AvgIpc) is 3.30. The van der Waals surface area contributed by atoms with Crippen LogP contribution in [0.3, 0.4) is 0 Å². The molecule has 4 rings (SSSR count). The molecule has 0 atom stereocenters. The third-order valence-electron chi connectivity index (χ3n) is 4.73. The molecule has 0 bridgehead atoms. The van der Waals surface area contributed by atoms with Crippen LogP contribution in [-0.2, 0) is 6.54 Å². The molecule has 4 aromatic rings. The Balaban J connectivity index is 1.43. The number of aromatic nitrogens is 2. The number of aryl methyl sites for hydroxylation is 1. The van der Waals surface area contributed by atoms with Gasteiger partial charge in [0.15, 0.2) is 5.76 Å². The van der Waals surface area contributed by atoms with E-state index in [1.165, 1.54) is 0 Å². The van der Waals surface area contributed by atoms with Gasteiger partial charge in [0.25, 0.3) is 5.91 Å². The third-order valence-corrected chi connectivity index (χ3v) is 5.88.